The number of hydrazone groups is 1. The molecule has 4 N–H and O–H groups in total. The minimum absolute atomic E-state index is 0.0480. The normalized spacial score (nSPS) is 13.1. The largest absolute Gasteiger partial charge is 0.320 e. The van der Waals surface area contributed by atoms with Crippen LogP contribution in [0.2, 0.25) is 0 Å². The highest BCUT2D eigenvalue weighted by Crippen LogP contribution is 1.97. The molecule has 0 radical (unpaired) electrons. The van der Waals surface area contributed by atoms with E-state index in [4.69, 9.17) is 17.4 Å². The van der Waals surface area contributed by atoms with Gasteiger partial charge in [0.2, 0.25) is 5.96 Å². The Hall–Kier alpha value is -1.93. The molecule has 0 fully saturated rings. The van der Waals surface area contributed by atoms with Crippen LogP contribution in [-0.2, 0) is 0 Å². The molecule has 1 aromatic heterocycles. The number of nitrogens with zero attached hydrogens (tertiary/aromatic N) is 4. The predicted molar refractivity (Wildman–Crippen MR) is 76.8 cm³/mol. The fraction of sp³-hybridized carbons (Fsp3) is 0.455. The van der Waals surface area contributed by atoms with Gasteiger partial charge in [-0.1, -0.05) is 6.92 Å². The maximum atomic E-state index is 11.9. The van der Waals surface area contributed by atoms with E-state index in [0.717, 1.165) is 0 Å². The first-order valence-electron chi connectivity index (χ1n) is 6.06. The SMILES string of the molecule is CCN(N/C(=N/N)NC(=O)c1cnccn1)C(C)CCl. The fourth-order valence-electron chi connectivity index (χ4n) is 1.40. The van der Waals surface area contributed by atoms with Crippen LogP contribution in [0.1, 0.15) is 24.3 Å². The Morgan fingerprint density at radius 2 is 2.35 bits per heavy atom. The van der Waals surface area contributed by atoms with Crippen molar-refractivity contribution in [3.63, 3.8) is 0 Å². The molecule has 0 bridgehead atoms. The molecule has 110 valence electrons. The van der Waals surface area contributed by atoms with Gasteiger partial charge in [-0.25, -0.2) is 9.99 Å². The van der Waals surface area contributed by atoms with Gasteiger partial charge in [0.25, 0.3) is 5.91 Å². The number of alkyl halides is 1. The number of carbonyl (C=O) groups is 1. The third-order valence-corrected chi connectivity index (χ3v) is 2.95. The molecule has 1 atom stereocenters. The zero-order valence-electron chi connectivity index (χ0n) is 11.4. The summed E-state index contributed by atoms with van der Waals surface area (Å²) >= 11 is 5.80. The fourth-order valence-corrected chi connectivity index (χ4v) is 1.56. The predicted octanol–water partition coefficient (Wildman–Crippen LogP) is -0.110. The Labute approximate surface area is 122 Å². The summed E-state index contributed by atoms with van der Waals surface area (Å²) in [4.78, 5) is 19.6. The highest BCUT2D eigenvalue weighted by atomic mass is 35.5. The average Bonchev–Trinajstić information content (AvgIpc) is 2.51. The molecule has 0 aliphatic heterocycles. The standard InChI is InChI=1S/C11H18ClN7O/c1-3-19(8(2)6-12)18-11(17-13)16-10(20)9-7-14-4-5-15-9/h4-5,7-8H,3,6,13H2,1-2H3,(H2,16,17,18,20). The quantitative estimate of drug-likeness (QED) is 0.230. The van der Waals surface area contributed by atoms with E-state index < -0.39 is 5.91 Å². The number of halogens is 1. The molecule has 0 aromatic carbocycles. The van der Waals surface area contributed by atoms with Crippen LogP contribution in [0.25, 0.3) is 0 Å². The molecule has 1 heterocycles. The van der Waals surface area contributed by atoms with Crippen LogP contribution < -0.4 is 16.6 Å². The lowest BCUT2D eigenvalue weighted by atomic mass is 10.4. The molecule has 0 aliphatic rings. The smallest absolute Gasteiger partial charge is 0.278 e. The average molecular weight is 300 g/mol. The van der Waals surface area contributed by atoms with Crippen LogP contribution in [0.5, 0.6) is 0 Å². The molecule has 1 rings (SSSR count). The van der Waals surface area contributed by atoms with Gasteiger partial charge in [-0.05, 0) is 6.92 Å². The third kappa shape index (κ3) is 4.63. The molecule has 0 aliphatic carbocycles. The number of carbonyl (C=O) groups excluding carboxylic acids is 1. The second kappa shape index (κ2) is 8.28. The zero-order chi connectivity index (χ0) is 15.0. The topological polar surface area (TPSA) is 109 Å². The van der Waals surface area contributed by atoms with Crippen molar-refractivity contribution in [3.8, 4) is 0 Å². The number of hydrazine groups is 1. The highest BCUT2D eigenvalue weighted by molar-refractivity contribution is 6.18. The van der Waals surface area contributed by atoms with E-state index in [-0.39, 0.29) is 17.7 Å². The molecule has 1 aromatic rings. The Balaban J connectivity index is 2.66. The summed E-state index contributed by atoms with van der Waals surface area (Å²) < 4.78 is 0. The lowest BCUT2D eigenvalue weighted by molar-refractivity contribution is 0.0965. The molecule has 0 spiro atoms. The number of nitrogens with two attached hydrogens (primary N) is 1. The minimum atomic E-state index is -0.454. The van der Waals surface area contributed by atoms with Crippen LogP contribution in [0.4, 0.5) is 0 Å². The van der Waals surface area contributed by atoms with Gasteiger partial charge in [0.1, 0.15) is 5.69 Å². The van der Waals surface area contributed by atoms with E-state index in [9.17, 15) is 4.79 Å². The maximum Gasteiger partial charge on any atom is 0.278 e. The van der Waals surface area contributed by atoms with E-state index in [1.54, 1.807) is 5.01 Å². The van der Waals surface area contributed by atoms with Gasteiger partial charge in [0.15, 0.2) is 0 Å². The number of nitrogens with one attached hydrogen (secondary N) is 2. The molecule has 9 heteroatoms. The van der Waals surface area contributed by atoms with Crippen molar-refractivity contribution in [3.05, 3.63) is 24.3 Å². The minimum Gasteiger partial charge on any atom is -0.320 e. The van der Waals surface area contributed by atoms with E-state index >= 15 is 0 Å². The summed E-state index contributed by atoms with van der Waals surface area (Å²) in [5, 5.41) is 7.81. The van der Waals surface area contributed by atoms with Crippen LogP contribution in [-0.4, -0.2) is 45.3 Å². The van der Waals surface area contributed by atoms with E-state index in [1.165, 1.54) is 18.6 Å². The van der Waals surface area contributed by atoms with Gasteiger partial charge in [-0.3, -0.25) is 20.5 Å². The van der Waals surface area contributed by atoms with Crippen LogP contribution >= 0.6 is 11.6 Å². The Bertz CT molecular complexity index is 453. The van der Waals surface area contributed by atoms with Gasteiger partial charge >= 0.3 is 0 Å². The number of aromatic nitrogens is 2. The second-order valence-corrected chi connectivity index (χ2v) is 4.23. The summed E-state index contributed by atoms with van der Waals surface area (Å²) in [6.45, 7) is 4.53. The molecule has 8 nitrogen and oxygen atoms in total. The Kier molecular flexibility index (Phi) is 6.68. The lowest BCUT2D eigenvalue weighted by Crippen LogP contribution is -2.53. The van der Waals surface area contributed by atoms with Gasteiger partial charge in [0, 0.05) is 30.9 Å². The summed E-state index contributed by atoms with van der Waals surface area (Å²) in [5.41, 5.74) is 3.07. The van der Waals surface area contributed by atoms with Gasteiger partial charge in [-0.2, -0.15) is 0 Å². The molecule has 0 saturated heterocycles. The molecule has 20 heavy (non-hydrogen) atoms. The third-order valence-electron chi connectivity index (χ3n) is 2.50. The number of guanidine groups is 1. The van der Waals surface area contributed by atoms with Crippen molar-refractivity contribution in [1.29, 1.82) is 0 Å². The van der Waals surface area contributed by atoms with Crippen molar-refractivity contribution in [1.82, 2.24) is 25.7 Å². The van der Waals surface area contributed by atoms with Crippen molar-refractivity contribution >= 4 is 23.5 Å². The Morgan fingerprint density at radius 1 is 1.60 bits per heavy atom. The summed E-state index contributed by atoms with van der Waals surface area (Å²) in [6.07, 6.45) is 4.26. The van der Waals surface area contributed by atoms with Crippen LogP contribution in [0, 0.1) is 0 Å². The number of hydrogen-bond donors (Lipinski definition) is 3. The van der Waals surface area contributed by atoms with E-state index in [2.05, 4.69) is 25.8 Å². The van der Waals surface area contributed by atoms with Crippen molar-refractivity contribution < 1.29 is 4.79 Å². The monoisotopic (exact) mass is 299 g/mol. The molecule has 1 amide bonds. The lowest BCUT2D eigenvalue weighted by Gasteiger charge is -2.27. The second-order valence-electron chi connectivity index (χ2n) is 3.92. The van der Waals surface area contributed by atoms with E-state index in [0.29, 0.717) is 12.4 Å². The van der Waals surface area contributed by atoms with Crippen molar-refractivity contribution in [2.45, 2.75) is 19.9 Å². The number of rotatable bonds is 5. The van der Waals surface area contributed by atoms with Gasteiger partial charge < -0.3 is 5.84 Å². The summed E-state index contributed by atoms with van der Waals surface area (Å²) in [6, 6.07) is 0.0480. The van der Waals surface area contributed by atoms with Gasteiger partial charge in [-0.15, -0.1) is 16.7 Å². The number of hydrogen-bond acceptors (Lipinski definition) is 6. The molecular weight excluding hydrogens is 282 g/mol. The highest BCUT2D eigenvalue weighted by Gasteiger charge is 2.15. The first-order chi connectivity index (χ1) is 9.62. The van der Waals surface area contributed by atoms with Crippen LogP contribution in [0.3, 0.4) is 0 Å². The first-order valence-corrected chi connectivity index (χ1v) is 6.60. The summed E-state index contributed by atoms with van der Waals surface area (Å²) in [7, 11) is 0. The Morgan fingerprint density at radius 3 is 2.85 bits per heavy atom. The summed E-state index contributed by atoms with van der Waals surface area (Å²) in [5.74, 6) is 5.34. The molecule has 0 saturated carbocycles. The molecule has 1 unspecified atom stereocenters. The van der Waals surface area contributed by atoms with Crippen molar-refractivity contribution in [2.75, 3.05) is 12.4 Å². The zero-order valence-corrected chi connectivity index (χ0v) is 12.1. The first kappa shape index (κ1) is 16.1. The molecular formula is C11H18ClN7O. The van der Waals surface area contributed by atoms with Gasteiger partial charge in [0.05, 0.1) is 6.20 Å². The maximum absolute atomic E-state index is 11.9. The number of amides is 1. The van der Waals surface area contributed by atoms with Crippen molar-refractivity contribution in [2.24, 2.45) is 10.9 Å². The van der Waals surface area contributed by atoms with E-state index in [1.807, 2.05) is 13.8 Å². The van der Waals surface area contributed by atoms with Crippen LogP contribution in [0.15, 0.2) is 23.7 Å².